The Bertz CT molecular complexity index is 510. The summed E-state index contributed by atoms with van der Waals surface area (Å²) in [6.45, 7) is 0.907. The minimum absolute atomic E-state index is 0.118. The van der Waals surface area contributed by atoms with Crippen LogP contribution in [0.1, 0.15) is 23.2 Å². The average Bonchev–Trinajstić information content (AvgIpc) is 2.41. The van der Waals surface area contributed by atoms with E-state index in [0.29, 0.717) is 13.1 Å². The molecule has 1 aliphatic rings. The second-order valence-electron chi connectivity index (χ2n) is 4.35. The van der Waals surface area contributed by atoms with E-state index < -0.39 is 11.6 Å². The van der Waals surface area contributed by atoms with Crippen molar-refractivity contribution in [2.24, 2.45) is 5.92 Å². The van der Waals surface area contributed by atoms with Crippen LogP contribution in [0.25, 0.3) is 0 Å². The molecule has 18 heavy (non-hydrogen) atoms. The number of benzene rings is 1. The zero-order valence-electron chi connectivity index (χ0n) is 9.70. The van der Waals surface area contributed by atoms with Crippen LogP contribution in [0, 0.1) is 28.9 Å². The molecular formula is C13H12F2N2O. The molecule has 0 unspecified atom stereocenters. The predicted molar refractivity (Wildman–Crippen MR) is 60.6 cm³/mol. The van der Waals surface area contributed by atoms with E-state index in [9.17, 15) is 13.6 Å². The first-order valence-electron chi connectivity index (χ1n) is 5.75. The maximum atomic E-state index is 13.1. The van der Waals surface area contributed by atoms with Gasteiger partial charge in [-0.1, -0.05) is 0 Å². The fraction of sp³-hybridized carbons (Fsp3) is 0.385. The lowest BCUT2D eigenvalue weighted by Gasteiger charge is -2.29. The number of amides is 1. The zero-order chi connectivity index (χ0) is 13.1. The van der Waals surface area contributed by atoms with Gasteiger partial charge in [0.1, 0.15) is 0 Å². The minimum atomic E-state index is -1.03. The number of carbonyl (C=O) groups is 1. The van der Waals surface area contributed by atoms with Gasteiger partial charge in [-0.25, -0.2) is 8.78 Å². The third-order valence-corrected chi connectivity index (χ3v) is 3.06. The van der Waals surface area contributed by atoms with Gasteiger partial charge < -0.3 is 4.90 Å². The molecule has 1 atom stereocenters. The van der Waals surface area contributed by atoms with Crippen molar-refractivity contribution in [1.29, 1.82) is 5.26 Å². The Morgan fingerprint density at radius 2 is 2.17 bits per heavy atom. The molecule has 1 aliphatic heterocycles. The Morgan fingerprint density at radius 1 is 1.39 bits per heavy atom. The monoisotopic (exact) mass is 250 g/mol. The molecule has 1 saturated heterocycles. The summed E-state index contributed by atoms with van der Waals surface area (Å²) in [7, 11) is 0. The number of hydrogen-bond donors (Lipinski definition) is 0. The summed E-state index contributed by atoms with van der Waals surface area (Å²) in [4.78, 5) is 13.6. The van der Waals surface area contributed by atoms with Gasteiger partial charge in [-0.2, -0.15) is 5.26 Å². The number of nitriles is 1. The van der Waals surface area contributed by atoms with Crippen LogP contribution in [-0.4, -0.2) is 23.9 Å². The first kappa shape index (κ1) is 12.5. The number of nitrogens with zero attached hydrogens (tertiary/aromatic N) is 2. The molecule has 1 aromatic carbocycles. The molecule has 0 aliphatic carbocycles. The van der Waals surface area contributed by atoms with Crippen LogP contribution in [0.15, 0.2) is 18.2 Å². The SMILES string of the molecule is N#C[C@H]1CCCN(C(=O)c2ccc(F)c(F)c2)C1. The summed E-state index contributed by atoms with van der Waals surface area (Å²) in [5.74, 6) is -2.53. The standard InChI is InChI=1S/C13H12F2N2O/c14-11-4-3-10(6-12(11)15)13(18)17-5-1-2-9(7-16)8-17/h3-4,6,9H,1-2,5,8H2/t9-/m1/s1. The minimum Gasteiger partial charge on any atom is -0.337 e. The Labute approximate surface area is 104 Å². The topological polar surface area (TPSA) is 44.1 Å². The number of piperidine rings is 1. The van der Waals surface area contributed by atoms with Gasteiger partial charge in [-0.05, 0) is 31.0 Å². The lowest BCUT2D eigenvalue weighted by molar-refractivity contribution is 0.0698. The van der Waals surface area contributed by atoms with Crippen LogP contribution in [0.4, 0.5) is 8.78 Å². The molecule has 0 aromatic heterocycles. The van der Waals surface area contributed by atoms with E-state index in [1.165, 1.54) is 11.0 Å². The van der Waals surface area contributed by atoms with E-state index in [1.54, 1.807) is 0 Å². The van der Waals surface area contributed by atoms with Crippen molar-refractivity contribution in [2.75, 3.05) is 13.1 Å². The van der Waals surface area contributed by atoms with Crippen molar-refractivity contribution in [3.05, 3.63) is 35.4 Å². The third kappa shape index (κ3) is 2.48. The van der Waals surface area contributed by atoms with Gasteiger partial charge in [0.25, 0.3) is 5.91 Å². The van der Waals surface area contributed by atoms with Crippen molar-refractivity contribution in [2.45, 2.75) is 12.8 Å². The number of rotatable bonds is 1. The van der Waals surface area contributed by atoms with Crippen molar-refractivity contribution in [1.82, 2.24) is 4.90 Å². The molecule has 0 spiro atoms. The zero-order valence-corrected chi connectivity index (χ0v) is 9.70. The van der Waals surface area contributed by atoms with Crippen LogP contribution in [0.3, 0.4) is 0 Å². The molecule has 0 radical (unpaired) electrons. The number of halogens is 2. The van der Waals surface area contributed by atoms with Gasteiger partial charge >= 0.3 is 0 Å². The summed E-state index contributed by atoms with van der Waals surface area (Å²) >= 11 is 0. The van der Waals surface area contributed by atoms with E-state index in [2.05, 4.69) is 6.07 Å². The summed E-state index contributed by atoms with van der Waals surface area (Å²) in [5, 5.41) is 8.84. The molecule has 1 aromatic rings. The lowest BCUT2D eigenvalue weighted by Crippen LogP contribution is -2.39. The quantitative estimate of drug-likeness (QED) is 0.767. The average molecular weight is 250 g/mol. The molecule has 2 rings (SSSR count). The molecule has 1 fully saturated rings. The predicted octanol–water partition coefficient (Wildman–Crippen LogP) is 2.34. The fourth-order valence-corrected chi connectivity index (χ4v) is 2.08. The van der Waals surface area contributed by atoms with Crippen molar-refractivity contribution in [3.63, 3.8) is 0 Å². The van der Waals surface area contributed by atoms with Crippen LogP contribution in [0.2, 0.25) is 0 Å². The molecule has 1 amide bonds. The molecule has 94 valence electrons. The second-order valence-corrected chi connectivity index (χ2v) is 4.35. The smallest absolute Gasteiger partial charge is 0.254 e. The lowest BCUT2D eigenvalue weighted by atomic mass is 9.99. The summed E-state index contributed by atoms with van der Waals surface area (Å²) in [6.07, 6.45) is 1.53. The van der Waals surface area contributed by atoms with Crippen LogP contribution in [0.5, 0.6) is 0 Å². The normalized spacial score (nSPS) is 19.4. The van der Waals surface area contributed by atoms with Crippen LogP contribution < -0.4 is 0 Å². The second kappa shape index (κ2) is 5.13. The van der Waals surface area contributed by atoms with Crippen molar-refractivity contribution >= 4 is 5.91 Å². The first-order valence-corrected chi connectivity index (χ1v) is 5.75. The van der Waals surface area contributed by atoms with Gasteiger partial charge in [-0.3, -0.25) is 4.79 Å². The van der Waals surface area contributed by atoms with Crippen molar-refractivity contribution < 1.29 is 13.6 Å². The fourth-order valence-electron chi connectivity index (χ4n) is 2.08. The number of carbonyl (C=O) groups excluding carboxylic acids is 1. The summed E-state index contributed by atoms with van der Waals surface area (Å²) in [6, 6.07) is 5.23. The highest BCUT2D eigenvalue weighted by Gasteiger charge is 2.24. The highest BCUT2D eigenvalue weighted by Crippen LogP contribution is 2.18. The maximum absolute atomic E-state index is 13.1. The summed E-state index contributed by atoms with van der Waals surface area (Å²) < 4.78 is 25.8. The van der Waals surface area contributed by atoms with E-state index in [1.807, 2.05) is 0 Å². The van der Waals surface area contributed by atoms with Crippen molar-refractivity contribution in [3.8, 4) is 6.07 Å². The maximum Gasteiger partial charge on any atom is 0.254 e. The van der Waals surface area contributed by atoms with E-state index >= 15 is 0 Å². The largest absolute Gasteiger partial charge is 0.337 e. The van der Waals surface area contributed by atoms with Gasteiger partial charge in [-0.15, -0.1) is 0 Å². The summed E-state index contributed by atoms with van der Waals surface area (Å²) in [5.41, 5.74) is 0.118. The highest BCUT2D eigenvalue weighted by molar-refractivity contribution is 5.94. The number of likely N-dealkylation sites (tertiary alicyclic amines) is 1. The van der Waals surface area contributed by atoms with Gasteiger partial charge in [0.05, 0.1) is 12.0 Å². The Kier molecular flexibility index (Phi) is 3.56. The molecule has 5 heteroatoms. The Hall–Kier alpha value is -1.96. The van der Waals surface area contributed by atoms with Gasteiger partial charge in [0, 0.05) is 18.7 Å². The molecule has 0 bridgehead atoms. The molecule has 3 nitrogen and oxygen atoms in total. The molecule has 0 saturated carbocycles. The van der Waals surface area contributed by atoms with Crippen LogP contribution in [-0.2, 0) is 0 Å². The van der Waals surface area contributed by atoms with Crippen LogP contribution >= 0.6 is 0 Å². The molecule has 0 N–H and O–H groups in total. The Morgan fingerprint density at radius 3 is 2.83 bits per heavy atom. The van der Waals surface area contributed by atoms with E-state index in [0.717, 1.165) is 25.0 Å². The highest BCUT2D eigenvalue weighted by atomic mass is 19.2. The first-order chi connectivity index (χ1) is 8.61. The molecule has 1 heterocycles. The van der Waals surface area contributed by atoms with Gasteiger partial charge in [0.2, 0.25) is 0 Å². The van der Waals surface area contributed by atoms with E-state index in [4.69, 9.17) is 5.26 Å². The van der Waals surface area contributed by atoms with E-state index in [-0.39, 0.29) is 17.4 Å². The molecular weight excluding hydrogens is 238 g/mol. The Balaban J connectivity index is 2.15. The number of hydrogen-bond acceptors (Lipinski definition) is 2. The van der Waals surface area contributed by atoms with Gasteiger partial charge in [0.15, 0.2) is 11.6 Å². The third-order valence-electron chi connectivity index (χ3n) is 3.06.